The predicted molar refractivity (Wildman–Crippen MR) is 163 cm³/mol. The Hall–Kier alpha value is -3.36. The lowest BCUT2D eigenvalue weighted by Crippen LogP contribution is -2.63. The standard InChI is InChI=1S/C28H30ClN7O4S2/c29-20-5-4-19-14-24(41-23(19)15-20)42(39,40)36-12-11-35(16-18-3-6-21-22(13-18)32-17-33-26(21)30)25(28(36)38)27(37)31-7-10-34-8-1-2-9-34/h3-6,13-15,17,25H,1-2,7-12,16H2,(H,31,37)(H2,30,32,33). The second-order valence-electron chi connectivity index (χ2n) is 10.5. The minimum atomic E-state index is -4.20. The van der Waals surface area contributed by atoms with Crippen LogP contribution in [0.1, 0.15) is 18.4 Å². The summed E-state index contributed by atoms with van der Waals surface area (Å²) in [6, 6.07) is 10.8. The molecule has 2 fully saturated rings. The number of anilines is 1. The van der Waals surface area contributed by atoms with Crippen molar-refractivity contribution in [3.63, 3.8) is 0 Å². The highest BCUT2D eigenvalue weighted by molar-refractivity contribution is 7.92. The number of fused-ring (bicyclic) bond motifs is 2. The van der Waals surface area contributed by atoms with Crippen molar-refractivity contribution >= 4 is 71.6 Å². The van der Waals surface area contributed by atoms with Gasteiger partial charge in [-0.3, -0.25) is 14.5 Å². The smallest absolute Gasteiger partial charge is 0.276 e. The first-order chi connectivity index (χ1) is 20.2. The molecule has 11 nitrogen and oxygen atoms in total. The van der Waals surface area contributed by atoms with Gasteiger partial charge in [-0.05, 0) is 67.2 Å². The number of carbonyl (C=O) groups is 2. The van der Waals surface area contributed by atoms with Gasteiger partial charge in [-0.1, -0.05) is 23.7 Å². The molecule has 2 amide bonds. The van der Waals surface area contributed by atoms with Crippen LogP contribution in [0.3, 0.4) is 0 Å². The van der Waals surface area contributed by atoms with E-state index in [1.807, 2.05) is 12.1 Å². The van der Waals surface area contributed by atoms with E-state index < -0.39 is 27.9 Å². The molecule has 6 rings (SSSR count). The van der Waals surface area contributed by atoms with E-state index in [4.69, 9.17) is 17.3 Å². The molecule has 2 aromatic carbocycles. The number of aromatic nitrogens is 2. The molecular weight excluding hydrogens is 598 g/mol. The van der Waals surface area contributed by atoms with Gasteiger partial charge in [0.05, 0.1) is 12.1 Å². The molecule has 0 spiro atoms. The van der Waals surface area contributed by atoms with Gasteiger partial charge < -0.3 is 16.0 Å². The highest BCUT2D eigenvalue weighted by Crippen LogP contribution is 2.34. The van der Waals surface area contributed by atoms with Crippen LogP contribution in [0.2, 0.25) is 5.02 Å². The second kappa shape index (κ2) is 11.7. The van der Waals surface area contributed by atoms with E-state index in [-0.39, 0.29) is 23.8 Å². The Morgan fingerprint density at radius 3 is 2.69 bits per heavy atom. The van der Waals surface area contributed by atoms with E-state index in [0.717, 1.165) is 47.1 Å². The van der Waals surface area contributed by atoms with Crippen molar-refractivity contribution in [2.45, 2.75) is 29.6 Å². The van der Waals surface area contributed by atoms with Gasteiger partial charge in [-0.15, -0.1) is 11.3 Å². The molecule has 2 aliphatic heterocycles. The molecule has 0 aliphatic carbocycles. The summed E-state index contributed by atoms with van der Waals surface area (Å²) in [6.45, 7) is 3.33. The first kappa shape index (κ1) is 28.7. The Morgan fingerprint density at radius 2 is 1.88 bits per heavy atom. The number of likely N-dealkylation sites (tertiary alicyclic amines) is 1. The number of carbonyl (C=O) groups excluding carboxylic acids is 2. The van der Waals surface area contributed by atoms with Gasteiger partial charge in [0.15, 0.2) is 6.04 Å². The fourth-order valence-corrected chi connectivity index (χ4v) is 8.73. The number of hydrogen-bond acceptors (Lipinski definition) is 10. The van der Waals surface area contributed by atoms with Crippen molar-refractivity contribution in [1.29, 1.82) is 0 Å². The molecule has 1 unspecified atom stereocenters. The highest BCUT2D eigenvalue weighted by atomic mass is 35.5. The number of hydrogen-bond donors (Lipinski definition) is 2. The van der Waals surface area contributed by atoms with Gasteiger partial charge in [0.1, 0.15) is 16.4 Å². The van der Waals surface area contributed by atoms with E-state index in [1.165, 1.54) is 6.33 Å². The SMILES string of the molecule is Nc1ncnc2cc(CN3CCN(S(=O)(=O)c4cc5ccc(Cl)cc5s4)C(=O)C3C(=O)NCCN3CCCC3)ccc12. The lowest BCUT2D eigenvalue weighted by atomic mass is 10.1. The van der Waals surface area contributed by atoms with Crippen LogP contribution in [0.4, 0.5) is 5.82 Å². The molecule has 14 heteroatoms. The molecule has 3 N–H and O–H groups in total. The number of rotatable bonds is 8. The zero-order valence-electron chi connectivity index (χ0n) is 22.7. The Balaban J connectivity index is 1.27. The number of nitrogens with zero attached hydrogens (tertiary/aromatic N) is 5. The summed E-state index contributed by atoms with van der Waals surface area (Å²) in [5.41, 5.74) is 7.42. The number of nitrogen functional groups attached to an aromatic ring is 1. The fourth-order valence-electron chi connectivity index (χ4n) is 5.55. The van der Waals surface area contributed by atoms with Crippen LogP contribution in [-0.2, 0) is 26.2 Å². The van der Waals surface area contributed by atoms with Crippen LogP contribution in [0, 0.1) is 0 Å². The number of halogens is 1. The maximum atomic E-state index is 13.9. The van der Waals surface area contributed by atoms with E-state index >= 15 is 0 Å². The number of nitrogens with two attached hydrogens (primary N) is 1. The van der Waals surface area contributed by atoms with Crippen LogP contribution in [0.15, 0.2) is 53.0 Å². The maximum Gasteiger partial charge on any atom is 0.276 e. The molecular formula is C28H30ClN7O4S2. The van der Waals surface area contributed by atoms with Crippen molar-refractivity contribution in [1.82, 2.24) is 29.4 Å². The van der Waals surface area contributed by atoms with Gasteiger partial charge in [0.25, 0.3) is 15.9 Å². The molecule has 1 atom stereocenters. The van der Waals surface area contributed by atoms with Crippen molar-refractivity contribution in [3.05, 3.63) is 59.4 Å². The fraction of sp³-hybridized carbons (Fsp3) is 0.357. The van der Waals surface area contributed by atoms with Crippen LogP contribution in [0.5, 0.6) is 0 Å². The third-order valence-electron chi connectivity index (χ3n) is 7.73. The summed E-state index contributed by atoms with van der Waals surface area (Å²) in [5, 5.41) is 4.80. The molecule has 0 radical (unpaired) electrons. The number of thiophene rings is 1. The number of piperazine rings is 1. The molecule has 4 heterocycles. The van der Waals surface area contributed by atoms with Crippen LogP contribution in [-0.4, -0.2) is 89.6 Å². The normalized spacial score (nSPS) is 18.7. The summed E-state index contributed by atoms with van der Waals surface area (Å²) < 4.78 is 29.1. The Bertz CT molecular complexity index is 1770. The first-order valence-corrected chi connectivity index (χ1v) is 16.3. The average Bonchev–Trinajstić information content (AvgIpc) is 3.63. The average molecular weight is 628 g/mol. The molecule has 0 saturated carbocycles. The zero-order chi connectivity index (χ0) is 29.4. The first-order valence-electron chi connectivity index (χ1n) is 13.7. The molecule has 220 valence electrons. The maximum absolute atomic E-state index is 13.9. The zero-order valence-corrected chi connectivity index (χ0v) is 25.1. The Kier molecular flexibility index (Phi) is 8.03. The topological polar surface area (TPSA) is 142 Å². The minimum Gasteiger partial charge on any atom is -0.383 e. The molecule has 42 heavy (non-hydrogen) atoms. The van der Waals surface area contributed by atoms with Crippen LogP contribution in [0.25, 0.3) is 21.0 Å². The van der Waals surface area contributed by atoms with Crippen molar-refractivity contribution < 1.29 is 18.0 Å². The highest BCUT2D eigenvalue weighted by Gasteiger charge is 2.45. The third-order valence-corrected chi connectivity index (χ3v) is 11.3. The largest absolute Gasteiger partial charge is 0.383 e. The Morgan fingerprint density at radius 1 is 1.07 bits per heavy atom. The van der Waals surface area contributed by atoms with Gasteiger partial charge >= 0.3 is 0 Å². The van der Waals surface area contributed by atoms with Crippen molar-refractivity contribution in [2.75, 3.05) is 45.0 Å². The molecule has 0 bridgehead atoms. The quantitative estimate of drug-likeness (QED) is 0.282. The van der Waals surface area contributed by atoms with Crippen LogP contribution < -0.4 is 11.1 Å². The van der Waals surface area contributed by atoms with Gasteiger partial charge in [-0.25, -0.2) is 22.7 Å². The van der Waals surface area contributed by atoms with Crippen molar-refractivity contribution in [3.8, 4) is 0 Å². The predicted octanol–water partition coefficient (Wildman–Crippen LogP) is 2.69. The molecule has 2 aromatic heterocycles. The van der Waals surface area contributed by atoms with E-state index in [9.17, 15) is 18.0 Å². The number of amides is 2. The van der Waals surface area contributed by atoms with Crippen LogP contribution >= 0.6 is 22.9 Å². The number of nitrogens with one attached hydrogen (secondary N) is 1. The monoisotopic (exact) mass is 627 g/mol. The number of benzene rings is 2. The summed E-state index contributed by atoms with van der Waals surface area (Å²) in [5.74, 6) is -0.934. The summed E-state index contributed by atoms with van der Waals surface area (Å²) >= 11 is 7.15. The molecule has 2 saturated heterocycles. The molecule has 2 aliphatic rings. The van der Waals surface area contributed by atoms with E-state index in [1.54, 1.807) is 35.2 Å². The lowest BCUT2D eigenvalue weighted by molar-refractivity contribution is -0.144. The van der Waals surface area contributed by atoms with E-state index in [2.05, 4.69) is 20.2 Å². The minimum absolute atomic E-state index is 0.0292. The summed E-state index contributed by atoms with van der Waals surface area (Å²) in [4.78, 5) is 39.8. The second-order valence-corrected chi connectivity index (χ2v) is 14.1. The Labute approximate surface area is 252 Å². The summed E-state index contributed by atoms with van der Waals surface area (Å²) in [7, 11) is -4.20. The lowest BCUT2D eigenvalue weighted by Gasteiger charge is -2.39. The number of sulfonamides is 1. The van der Waals surface area contributed by atoms with Gasteiger partial charge in [0, 0.05) is 41.3 Å². The summed E-state index contributed by atoms with van der Waals surface area (Å²) in [6.07, 6.45) is 3.64. The van der Waals surface area contributed by atoms with Gasteiger partial charge in [-0.2, -0.15) is 0 Å². The van der Waals surface area contributed by atoms with E-state index in [0.29, 0.717) is 44.9 Å². The third kappa shape index (κ3) is 5.66. The van der Waals surface area contributed by atoms with Gasteiger partial charge in [0.2, 0.25) is 5.91 Å². The molecule has 4 aromatic rings. The van der Waals surface area contributed by atoms with Crippen molar-refractivity contribution in [2.24, 2.45) is 0 Å².